The van der Waals surface area contributed by atoms with Gasteiger partial charge in [-0.15, -0.1) is 0 Å². The molecule has 0 aromatic heterocycles. The normalized spacial score (nSPS) is 27.1. The molecular weight excluding hydrogens is 242 g/mol. The van der Waals surface area contributed by atoms with Gasteiger partial charge in [-0.2, -0.15) is 0 Å². The Morgan fingerprint density at radius 3 is 2.79 bits per heavy atom. The van der Waals surface area contributed by atoms with Gasteiger partial charge in [0.15, 0.2) is 0 Å². The molecule has 0 radical (unpaired) electrons. The highest BCUT2D eigenvalue weighted by atomic mass is 16.6. The Morgan fingerprint density at radius 1 is 1.47 bits per heavy atom. The number of rotatable bonds is 2. The Kier molecular flexibility index (Phi) is 4.10. The number of carbonyl (C=O) groups excluding carboxylic acids is 1. The molecule has 4 nitrogen and oxygen atoms in total. The molecule has 1 aromatic rings. The van der Waals surface area contributed by atoms with Crippen LogP contribution in [0.1, 0.15) is 25.8 Å². The molecule has 0 aliphatic carbocycles. The highest BCUT2D eigenvalue weighted by Gasteiger charge is 2.36. The second-order valence-corrected chi connectivity index (χ2v) is 5.49. The molecule has 1 aliphatic rings. The average Bonchev–Trinajstić information content (AvgIpc) is 2.40. The molecule has 1 saturated heterocycles. The fourth-order valence-electron chi connectivity index (χ4n) is 2.20. The van der Waals surface area contributed by atoms with Crippen molar-refractivity contribution in [3.63, 3.8) is 0 Å². The van der Waals surface area contributed by atoms with Crippen LogP contribution in [0.4, 0.5) is 4.79 Å². The number of piperidine rings is 1. The Labute approximate surface area is 114 Å². The van der Waals surface area contributed by atoms with E-state index in [2.05, 4.69) is 0 Å². The molecule has 1 aliphatic heterocycles. The molecule has 19 heavy (non-hydrogen) atoms. The zero-order chi connectivity index (χ0) is 13.9. The minimum atomic E-state index is -0.684. The summed E-state index contributed by atoms with van der Waals surface area (Å²) >= 11 is 0. The van der Waals surface area contributed by atoms with Crippen LogP contribution < -0.4 is 0 Å². The highest BCUT2D eigenvalue weighted by molar-refractivity contribution is 5.67. The van der Waals surface area contributed by atoms with E-state index in [-0.39, 0.29) is 12.0 Å². The quantitative estimate of drug-likeness (QED) is 0.891. The number of hydrogen-bond acceptors (Lipinski definition) is 3. The van der Waals surface area contributed by atoms with Gasteiger partial charge in [0.2, 0.25) is 0 Å². The first-order valence-electron chi connectivity index (χ1n) is 6.67. The Balaban J connectivity index is 1.84. The van der Waals surface area contributed by atoms with Crippen LogP contribution in [-0.2, 0) is 11.3 Å². The lowest BCUT2D eigenvalue weighted by atomic mass is 9.84. The first-order chi connectivity index (χ1) is 8.99. The van der Waals surface area contributed by atoms with E-state index < -0.39 is 5.60 Å². The van der Waals surface area contributed by atoms with Crippen molar-refractivity contribution in [2.75, 3.05) is 13.1 Å². The molecule has 4 heteroatoms. The van der Waals surface area contributed by atoms with Gasteiger partial charge in [0, 0.05) is 19.0 Å². The van der Waals surface area contributed by atoms with E-state index in [4.69, 9.17) is 4.74 Å². The van der Waals surface area contributed by atoms with Crippen LogP contribution >= 0.6 is 0 Å². The molecule has 0 saturated carbocycles. The van der Waals surface area contributed by atoms with Crippen LogP contribution in [0, 0.1) is 5.92 Å². The number of hydrogen-bond donors (Lipinski definition) is 1. The first-order valence-corrected chi connectivity index (χ1v) is 6.67. The van der Waals surface area contributed by atoms with Gasteiger partial charge in [0.1, 0.15) is 6.61 Å². The SMILES string of the molecule is C[C@@H]1CN(C(=O)OCc2ccccc2)CC[C@@]1(C)O. The maximum Gasteiger partial charge on any atom is 0.410 e. The molecule has 1 aromatic carbocycles. The smallest absolute Gasteiger partial charge is 0.410 e. The standard InChI is InChI=1S/C15H21NO3/c1-12-10-16(9-8-15(12,2)18)14(17)19-11-13-6-4-3-5-7-13/h3-7,12,18H,8-11H2,1-2H3/t12-,15-/m1/s1. The van der Waals surface area contributed by atoms with Crippen LogP contribution in [0.25, 0.3) is 0 Å². The highest BCUT2D eigenvalue weighted by Crippen LogP contribution is 2.27. The van der Waals surface area contributed by atoms with Crippen LogP contribution in [0.15, 0.2) is 30.3 Å². The monoisotopic (exact) mass is 263 g/mol. The maximum atomic E-state index is 12.0. The second kappa shape index (κ2) is 5.61. The van der Waals surface area contributed by atoms with Crippen LogP contribution in [0.5, 0.6) is 0 Å². The number of aliphatic hydroxyl groups is 1. The molecule has 1 amide bonds. The lowest BCUT2D eigenvalue weighted by Gasteiger charge is -2.40. The fourth-order valence-corrected chi connectivity index (χ4v) is 2.20. The molecule has 0 spiro atoms. The molecule has 2 atom stereocenters. The van der Waals surface area contributed by atoms with Crippen LogP contribution in [-0.4, -0.2) is 34.8 Å². The Bertz CT molecular complexity index is 430. The van der Waals surface area contributed by atoms with E-state index >= 15 is 0 Å². The number of amides is 1. The van der Waals surface area contributed by atoms with Crippen molar-refractivity contribution in [1.82, 2.24) is 4.90 Å². The van der Waals surface area contributed by atoms with E-state index in [1.807, 2.05) is 44.2 Å². The van der Waals surface area contributed by atoms with Crippen molar-refractivity contribution in [1.29, 1.82) is 0 Å². The minimum Gasteiger partial charge on any atom is -0.445 e. The van der Waals surface area contributed by atoms with Gasteiger partial charge in [0.25, 0.3) is 0 Å². The summed E-state index contributed by atoms with van der Waals surface area (Å²) in [6, 6.07) is 9.63. The van der Waals surface area contributed by atoms with Crippen molar-refractivity contribution in [3.05, 3.63) is 35.9 Å². The van der Waals surface area contributed by atoms with Crippen LogP contribution in [0.3, 0.4) is 0 Å². The summed E-state index contributed by atoms with van der Waals surface area (Å²) in [4.78, 5) is 13.6. The first kappa shape index (κ1) is 13.9. The zero-order valence-electron chi connectivity index (χ0n) is 11.5. The van der Waals surface area contributed by atoms with Crippen molar-refractivity contribution in [2.45, 2.75) is 32.5 Å². The molecule has 0 bridgehead atoms. The Morgan fingerprint density at radius 2 is 2.16 bits per heavy atom. The van der Waals surface area contributed by atoms with Crippen molar-refractivity contribution < 1.29 is 14.6 Å². The third kappa shape index (κ3) is 3.47. The summed E-state index contributed by atoms with van der Waals surface area (Å²) in [7, 11) is 0. The lowest BCUT2D eigenvalue weighted by molar-refractivity contribution is -0.0483. The summed E-state index contributed by atoms with van der Waals surface area (Å²) in [5.74, 6) is 0.0607. The zero-order valence-corrected chi connectivity index (χ0v) is 11.5. The summed E-state index contributed by atoms with van der Waals surface area (Å²) in [5, 5.41) is 10.1. The van der Waals surface area contributed by atoms with Crippen molar-refractivity contribution >= 4 is 6.09 Å². The van der Waals surface area contributed by atoms with Gasteiger partial charge in [-0.05, 0) is 18.9 Å². The second-order valence-electron chi connectivity index (χ2n) is 5.49. The van der Waals surface area contributed by atoms with Crippen LogP contribution in [0.2, 0.25) is 0 Å². The Hall–Kier alpha value is -1.55. The third-order valence-electron chi connectivity index (χ3n) is 3.91. The minimum absolute atomic E-state index is 0.0607. The largest absolute Gasteiger partial charge is 0.445 e. The third-order valence-corrected chi connectivity index (χ3v) is 3.91. The van der Waals surface area contributed by atoms with E-state index in [1.54, 1.807) is 4.90 Å². The molecular formula is C15H21NO3. The molecule has 1 fully saturated rings. The predicted molar refractivity (Wildman–Crippen MR) is 72.6 cm³/mol. The maximum absolute atomic E-state index is 12.0. The summed E-state index contributed by atoms with van der Waals surface area (Å²) < 4.78 is 5.29. The van der Waals surface area contributed by atoms with E-state index in [0.717, 1.165) is 5.56 Å². The average molecular weight is 263 g/mol. The molecule has 1 heterocycles. The molecule has 2 rings (SSSR count). The molecule has 104 valence electrons. The molecule has 1 N–H and O–H groups in total. The number of likely N-dealkylation sites (tertiary alicyclic amines) is 1. The summed E-state index contributed by atoms with van der Waals surface area (Å²) in [6.45, 7) is 5.16. The number of carbonyl (C=O) groups is 1. The fraction of sp³-hybridized carbons (Fsp3) is 0.533. The number of benzene rings is 1. The van der Waals surface area contributed by atoms with E-state index in [1.165, 1.54) is 0 Å². The number of nitrogens with zero attached hydrogens (tertiary/aromatic N) is 1. The van der Waals surface area contributed by atoms with Gasteiger partial charge in [-0.1, -0.05) is 37.3 Å². The van der Waals surface area contributed by atoms with Crippen molar-refractivity contribution in [3.8, 4) is 0 Å². The van der Waals surface area contributed by atoms with Crippen molar-refractivity contribution in [2.24, 2.45) is 5.92 Å². The van der Waals surface area contributed by atoms with Gasteiger partial charge < -0.3 is 14.7 Å². The van der Waals surface area contributed by atoms with Gasteiger partial charge in [-0.3, -0.25) is 0 Å². The van der Waals surface area contributed by atoms with Gasteiger partial charge in [0.05, 0.1) is 5.60 Å². The topological polar surface area (TPSA) is 49.8 Å². The predicted octanol–water partition coefficient (Wildman–Crippen LogP) is 2.42. The summed E-state index contributed by atoms with van der Waals surface area (Å²) in [5.41, 5.74) is 0.295. The molecule has 0 unspecified atom stereocenters. The lowest BCUT2D eigenvalue weighted by Crippen LogP contribution is -2.50. The van der Waals surface area contributed by atoms with E-state index in [0.29, 0.717) is 26.1 Å². The summed E-state index contributed by atoms with van der Waals surface area (Å²) in [6.07, 6.45) is 0.292. The van der Waals surface area contributed by atoms with E-state index in [9.17, 15) is 9.90 Å². The van der Waals surface area contributed by atoms with Gasteiger partial charge >= 0.3 is 6.09 Å². The number of ether oxygens (including phenoxy) is 1. The van der Waals surface area contributed by atoms with Gasteiger partial charge in [-0.25, -0.2) is 4.79 Å².